The Morgan fingerprint density at radius 2 is 2.05 bits per heavy atom. The summed E-state index contributed by atoms with van der Waals surface area (Å²) in [7, 11) is 1.26. The minimum Gasteiger partial charge on any atom is -0.468 e. The zero-order valence-electron chi connectivity index (χ0n) is 9.63. The third-order valence-electron chi connectivity index (χ3n) is 2.09. The van der Waals surface area contributed by atoms with Crippen LogP contribution in [0.3, 0.4) is 0 Å². The Morgan fingerprint density at radius 1 is 1.42 bits per heavy atom. The van der Waals surface area contributed by atoms with Gasteiger partial charge in [-0.2, -0.15) is 0 Å². The number of hydrogen-bond donors (Lipinski definition) is 0. The predicted molar refractivity (Wildman–Crippen MR) is 69.3 cm³/mol. The highest BCUT2D eigenvalue weighted by atomic mass is 79.9. The molecule has 0 saturated heterocycles. The largest absolute Gasteiger partial charge is 0.573 e. The number of benzene rings is 1. The lowest BCUT2D eigenvalue weighted by atomic mass is 10.1. The Hall–Kier alpha value is -0.760. The van der Waals surface area contributed by atoms with Gasteiger partial charge in [0.2, 0.25) is 0 Å². The SMILES string of the molecule is COC(=O)C(Br)Cc1ccc(OC(F)(F)F)c(Br)c1. The van der Waals surface area contributed by atoms with E-state index in [0.29, 0.717) is 5.56 Å². The normalized spacial score (nSPS) is 12.9. The first-order valence-corrected chi connectivity index (χ1v) is 6.70. The van der Waals surface area contributed by atoms with Crippen LogP contribution in [-0.2, 0) is 16.0 Å². The molecule has 0 amide bonds. The number of hydrogen-bond acceptors (Lipinski definition) is 3. The standard InChI is InChI=1S/C11H9Br2F3O3/c1-18-10(17)8(13)5-6-2-3-9(7(12)4-6)19-11(14,15)16/h2-4,8H,5H2,1H3. The van der Waals surface area contributed by atoms with Crippen LogP contribution in [0.1, 0.15) is 5.56 Å². The van der Waals surface area contributed by atoms with Crippen molar-refractivity contribution in [1.82, 2.24) is 0 Å². The van der Waals surface area contributed by atoms with E-state index in [9.17, 15) is 18.0 Å². The van der Waals surface area contributed by atoms with Crippen molar-refractivity contribution in [3.63, 3.8) is 0 Å². The summed E-state index contributed by atoms with van der Waals surface area (Å²) in [5.74, 6) is -0.785. The van der Waals surface area contributed by atoms with Crippen LogP contribution in [0.2, 0.25) is 0 Å². The summed E-state index contributed by atoms with van der Waals surface area (Å²) in [6.07, 6.45) is -4.45. The van der Waals surface area contributed by atoms with Gasteiger partial charge in [0.25, 0.3) is 0 Å². The highest BCUT2D eigenvalue weighted by molar-refractivity contribution is 9.10. The van der Waals surface area contributed by atoms with Gasteiger partial charge in [-0.3, -0.25) is 4.79 Å². The number of halogens is 5. The van der Waals surface area contributed by atoms with E-state index in [4.69, 9.17) is 0 Å². The third-order valence-corrected chi connectivity index (χ3v) is 3.41. The first-order chi connectivity index (χ1) is 8.73. The second-order valence-corrected chi connectivity index (χ2v) is 5.47. The monoisotopic (exact) mass is 404 g/mol. The van der Waals surface area contributed by atoms with Gasteiger partial charge in [-0.05, 0) is 40.0 Å². The van der Waals surface area contributed by atoms with Crippen LogP contribution in [0.15, 0.2) is 22.7 Å². The van der Waals surface area contributed by atoms with Crippen molar-refractivity contribution in [1.29, 1.82) is 0 Å². The van der Waals surface area contributed by atoms with E-state index in [-0.39, 0.29) is 16.6 Å². The second-order valence-electron chi connectivity index (χ2n) is 3.51. The molecule has 1 aromatic rings. The maximum atomic E-state index is 12.1. The third kappa shape index (κ3) is 5.40. The zero-order chi connectivity index (χ0) is 14.6. The highest BCUT2D eigenvalue weighted by Gasteiger charge is 2.32. The molecule has 0 aromatic heterocycles. The summed E-state index contributed by atoms with van der Waals surface area (Å²) in [6.45, 7) is 0. The number of alkyl halides is 4. The van der Waals surface area contributed by atoms with Crippen LogP contribution in [0.4, 0.5) is 13.2 Å². The predicted octanol–water partition coefficient (Wildman–Crippen LogP) is 3.83. The topological polar surface area (TPSA) is 35.5 Å². The second kappa shape index (κ2) is 6.60. The molecule has 0 bridgehead atoms. The van der Waals surface area contributed by atoms with Crippen LogP contribution in [-0.4, -0.2) is 24.3 Å². The van der Waals surface area contributed by atoms with Gasteiger partial charge in [0.15, 0.2) is 0 Å². The summed E-state index contributed by atoms with van der Waals surface area (Å²) in [6, 6.07) is 4.09. The maximum Gasteiger partial charge on any atom is 0.573 e. The first kappa shape index (κ1) is 16.3. The Labute approximate surface area is 124 Å². The van der Waals surface area contributed by atoms with Gasteiger partial charge in [0, 0.05) is 0 Å². The maximum absolute atomic E-state index is 12.1. The number of carbonyl (C=O) groups is 1. The molecular weight excluding hydrogens is 397 g/mol. The Balaban J connectivity index is 2.80. The van der Waals surface area contributed by atoms with E-state index in [1.54, 1.807) is 0 Å². The van der Waals surface area contributed by atoms with Gasteiger partial charge < -0.3 is 9.47 Å². The molecule has 0 fully saturated rings. The molecule has 19 heavy (non-hydrogen) atoms. The van der Waals surface area contributed by atoms with Crippen LogP contribution >= 0.6 is 31.9 Å². The molecule has 0 N–H and O–H groups in total. The minimum absolute atomic E-state index is 0.159. The van der Waals surface area contributed by atoms with E-state index in [1.807, 2.05) is 0 Å². The van der Waals surface area contributed by atoms with E-state index in [1.165, 1.54) is 25.3 Å². The van der Waals surface area contributed by atoms with Crippen LogP contribution in [0.5, 0.6) is 5.75 Å². The van der Waals surface area contributed by atoms with Crippen molar-refractivity contribution in [2.75, 3.05) is 7.11 Å². The highest BCUT2D eigenvalue weighted by Crippen LogP contribution is 2.31. The quantitative estimate of drug-likeness (QED) is 0.564. The molecule has 1 atom stereocenters. The Bertz CT molecular complexity index is 463. The van der Waals surface area contributed by atoms with Crippen molar-refractivity contribution in [2.45, 2.75) is 17.6 Å². The van der Waals surface area contributed by atoms with Crippen molar-refractivity contribution < 1.29 is 27.4 Å². The average molecular weight is 406 g/mol. The molecule has 0 radical (unpaired) electrons. The minimum atomic E-state index is -4.74. The Kier molecular flexibility index (Phi) is 5.66. The zero-order valence-corrected chi connectivity index (χ0v) is 12.8. The molecule has 0 spiro atoms. The molecule has 0 heterocycles. The van der Waals surface area contributed by atoms with Crippen LogP contribution in [0.25, 0.3) is 0 Å². The van der Waals surface area contributed by atoms with Crippen molar-refractivity contribution >= 4 is 37.8 Å². The first-order valence-electron chi connectivity index (χ1n) is 4.99. The van der Waals surface area contributed by atoms with Gasteiger partial charge >= 0.3 is 12.3 Å². The molecule has 1 aromatic carbocycles. The molecule has 0 aliphatic carbocycles. The van der Waals surface area contributed by atoms with Crippen molar-refractivity contribution in [3.05, 3.63) is 28.2 Å². The number of methoxy groups -OCH3 is 1. The molecule has 106 valence electrons. The molecule has 0 aliphatic heterocycles. The van der Waals surface area contributed by atoms with E-state index < -0.39 is 17.2 Å². The van der Waals surface area contributed by atoms with Crippen LogP contribution in [0, 0.1) is 0 Å². The van der Waals surface area contributed by atoms with E-state index in [2.05, 4.69) is 41.3 Å². The number of esters is 1. The summed E-state index contributed by atoms with van der Waals surface area (Å²) in [5.41, 5.74) is 0.661. The van der Waals surface area contributed by atoms with Gasteiger partial charge in [-0.25, -0.2) is 0 Å². The van der Waals surface area contributed by atoms with E-state index >= 15 is 0 Å². The average Bonchev–Trinajstić information content (AvgIpc) is 2.30. The number of carbonyl (C=O) groups excluding carboxylic acids is 1. The fraction of sp³-hybridized carbons (Fsp3) is 0.364. The number of ether oxygens (including phenoxy) is 2. The molecule has 1 unspecified atom stereocenters. The molecular formula is C11H9Br2F3O3. The van der Waals surface area contributed by atoms with Gasteiger partial charge in [0.1, 0.15) is 10.6 Å². The van der Waals surface area contributed by atoms with E-state index in [0.717, 1.165) is 0 Å². The number of rotatable bonds is 4. The lowest BCUT2D eigenvalue weighted by Crippen LogP contribution is -2.19. The molecule has 8 heteroatoms. The fourth-order valence-electron chi connectivity index (χ4n) is 1.30. The van der Waals surface area contributed by atoms with Crippen LogP contribution < -0.4 is 4.74 Å². The Morgan fingerprint density at radius 3 is 2.53 bits per heavy atom. The summed E-state index contributed by atoms with van der Waals surface area (Å²) >= 11 is 6.12. The molecule has 3 nitrogen and oxygen atoms in total. The molecule has 0 saturated carbocycles. The smallest absolute Gasteiger partial charge is 0.468 e. The fourth-order valence-corrected chi connectivity index (χ4v) is 2.36. The summed E-state index contributed by atoms with van der Waals surface area (Å²) in [5, 5.41) is 0. The lowest BCUT2D eigenvalue weighted by molar-refractivity contribution is -0.274. The lowest BCUT2D eigenvalue weighted by Gasteiger charge is -2.12. The molecule has 1 rings (SSSR count). The molecule has 0 aliphatic rings. The summed E-state index contributed by atoms with van der Waals surface area (Å²) in [4.78, 5) is 10.6. The van der Waals surface area contributed by atoms with Gasteiger partial charge in [-0.1, -0.05) is 22.0 Å². The van der Waals surface area contributed by atoms with Gasteiger partial charge in [0.05, 0.1) is 11.6 Å². The van der Waals surface area contributed by atoms with Gasteiger partial charge in [-0.15, -0.1) is 13.2 Å². The van der Waals surface area contributed by atoms with Crippen molar-refractivity contribution in [2.24, 2.45) is 0 Å². The summed E-state index contributed by atoms with van der Waals surface area (Å²) < 4.78 is 44.7. The van der Waals surface area contributed by atoms with Crippen molar-refractivity contribution in [3.8, 4) is 5.75 Å².